The highest BCUT2D eigenvalue weighted by Gasteiger charge is 2.26. The fourth-order valence-corrected chi connectivity index (χ4v) is 3.54. The molecule has 0 radical (unpaired) electrons. The van der Waals surface area contributed by atoms with E-state index in [9.17, 15) is 0 Å². The van der Waals surface area contributed by atoms with Crippen LogP contribution < -0.4 is 5.73 Å². The molecule has 25 heavy (non-hydrogen) atoms. The number of piperidine rings is 1. The zero-order valence-electron chi connectivity index (χ0n) is 15.7. The average molecular weight is 342 g/mol. The molecule has 1 atom stereocenters. The number of aromatic nitrogens is 3. The maximum Gasteiger partial charge on any atom is 0.102 e. The number of rotatable bonds is 6. The molecule has 0 saturated carbocycles. The van der Waals surface area contributed by atoms with Crippen LogP contribution in [-0.2, 0) is 12.0 Å². The molecular weight excluding hydrogens is 310 g/mol. The quantitative estimate of drug-likeness (QED) is 0.877. The first-order chi connectivity index (χ1) is 11.9. The molecule has 2 heterocycles. The first-order valence-electron chi connectivity index (χ1n) is 9.42. The van der Waals surface area contributed by atoms with Gasteiger partial charge in [0.15, 0.2) is 0 Å². The van der Waals surface area contributed by atoms with Crippen molar-refractivity contribution in [3.63, 3.8) is 0 Å². The van der Waals surface area contributed by atoms with Gasteiger partial charge < -0.3 is 10.6 Å². The molecule has 1 unspecified atom stereocenters. The van der Waals surface area contributed by atoms with E-state index in [1.54, 1.807) is 0 Å². The number of benzene rings is 1. The molecule has 2 N–H and O–H groups in total. The van der Waals surface area contributed by atoms with Crippen molar-refractivity contribution in [1.82, 2.24) is 19.9 Å². The number of nitrogens with two attached hydrogens (primary N) is 1. The molecule has 2 aromatic rings. The van der Waals surface area contributed by atoms with Gasteiger partial charge in [0, 0.05) is 19.1 Å². The lowest BCUT2D eigenvalue weighted by Gasteiger charge is -2.36. The van der Waals surface area contributed by atoms with Gasteiger partial charge in [0.1, 0.15) is 5.69 Å². The van der Waals surface area contributed by atoms with Gasteiger partial charge in [-0.1, -0.05) is 35.5 Å². The van der Waals surface area contributed by atoms with Gasteiger partial charge in [0.05, 0.1) is 17.8 Å². The largest absolute Gasteiger partial charge is 0.320 e. The molecule has 1 saturated heterocycles. The highest BCUT2D eigenvalue weighted by molar-refractivity contribution is 5.14. The Labute approximate surface area is 151 Å². The van der Waals surface area contributed by atoms with Crippen molar-refractivity contribution in [2.75, 3.05) is 13.1 Å². The third kappa shape index (κ3) is 4.67. The Morgan fingerprint density at radius 1 is 1.20 bits per heavy atom. The van der Waals surface area contributed by atoms with Gasteiger partial charge in [0.2, 0.25) is 0 Å². The van der Waals surface area contributed by atoms with E-state index in [1.807, 2.05) is 24.7 Å². The van der Waals surface area contributed by atoms with Crippen LogP contribution in [0.15, 0.2) is 36.5 Å². The normalized spacial score (nSPS) is 18.4. The minimum Gasteiger partial charge on any atom is -0.320 e. The molecule has 0 aliphatic carbocycles. The van der Waals surface area contributed by atoms with E-state index in [0.29, 0.717) is 12.1 Å². The van der Waals surface area contributed by atoms with E-state index >= 15 is 0 Å². The highest BCUT2D eigenvalue weighted by Crippen LogP contribution is 2.25. The van der Waals surface area contributed by atoms with E-state index < -0.39 is 5.54 Å². The minimum absolute atomic E-state index is 0.426. The number of aryl methyl sites for hydroxylation is 1. The molecule has 136 valence electrons. The molecule has 1 aliphatic heterocycles. The summed E-state index contributed by atoms with van der Waals surface area (Å²) in [5, 5.41) is 8.57. The number of likely N-dealkylation sites (tertiary alicyclic amines) is 1. The highest BCUT2D eigenvalue weighted by atomic mass is 15.4. The molecule has 1 fully saturated rings. The second-order valence-electron chi connectivity index (χ2n) is 7.95. The van der Waals surface area contributed by atoms with Crippen LogP contribution in [0.3, 0.4) is 0 Å². The van der Waals surface area contributed by atoms with Crippen LogP contribution in [-0.4, -0.2) is 39.0 Å². The molecule has 1 aromatic heterocycles. The van der Waals surface area contributed by atoms with Crippen molar-refractivity contribution >= 4 is 0 Å². The summed E-state index contributed by atoms with van der Waals surface area (Å²) in [6, 6.07) is 11.8. The number of nitrogens with zero attached hydrogens (tertiary/aromatic N) is 4. The van der Waals surface area contributed by atoms with Crippen LogP contribution >= 0.6 is 0 Å². The molecule has 5 nitrogen and oxygen atoms in total. The molecule has 3 rings (SSSR count). The summed E-state index contributed by atoms with van der Waals surface area (Å²) in [4.78, 5) is 2.62. The Morgan fingerprint density at radius 2 is 1.88 bits per heavy atom. The summed E-state index contributed by atoms with van der Waals surface area (Å²) in [5.41, 5.74) is 7.99. The zero-order valence-corrected chi connectivity index (χ0v) is 15.7. The lowest BCUT2D eigenvalue weighted by Crippen LogP contribution is -2.40. The third-order valence-electron chi connectivity index (χ3n) is 5.36. The van der Waals surface area contributed by atoms with E-state index in [2.05, 4.69) is 52.5 Å². The first kappa shape index (κ1) is 18.1. The molecule has 1 aromatic carbocycles. The van der Waals surface area contributed by atoms with E-state index in [1.165, 1.54) is 12.0 Å². The van der Waals surface area contributed by atoms with Gasteiger partial charge in [-0.25, -0.2) is 4.68 Å². The number of hydrogen-bond donors (Lipinski definition) is 1. The zero-order chi connectivity index (χ0) is 17.9. The predicted octanol–water partition coefficient (Wildman–Crippen LogP) is 3.13. The second-order valence-corrected chi connectivity index (χ2v) is 7.95. The fraction of sp³-hybridized carbons (Fsp3) is 0.600. The average Bonchev–Trinajstić information content (AvgIpc) is 3.11. The Kier molecular flexibility index (Phi) is 5.54. The first-order valence-corrected chi connectivity index (χ1v) is 9.42. The van der Waals surface area contributed by atoms with Gasteiger partial charge in [-0.15, -0.1) is 5.10 Å². The number of hydrogen-bond acceptors (Lipinski definition) is 4. The minimum atomic E-state index is -0.426. The van der Waals surface area contributed by atoms with Gasteiger partial charge in [-0.05, 0) is 52.0 Å². The predicted molar refractivity (Wildman–Crippen MR) is 101 cm³/mol. The van der Waals surface area contributed by atoms with Crippen molar-refractivity contribution in [2.45, 2.75) is 64.1 Å². The SMILES string of the molecule is CC(CCc1ccccc1)N1CCC(n2cc(C(C)(C)N)nn2)CC1. The molecule has 0 amide bonds. The van der Waals surface area contributed by atoms with Gasteiger partial charge in [0.25, 0.3) is 0 Å². The Bertz CT molecular complexity index is 650. The van der Waals surface area contributed by atoms with Crippen molar-refractivity contribution < 1.29 is 0 Å². The summed E-state index contributed by atoms with van der Waals surface area (Å²) in [6.45, 7) is 8.55. The lowest BCUT2D eigenvalue weighted by atomic mass is 10.00. The van der Waals surface area contributed by atoms with E-state index in [-0.39, 0.29) is 0 Å². The van der Waals surface area contributed by atoms with Crippen LogP contribution in [0.25, 0.3) is 0 Å². The Morgan fingerprint density at radius 3 is 2.48 bits per heavy atom. The third-order valence-corrected chi connectivity index (χ3v) is 5.36. The molecule has 5 heteroatoms. The molecule has 0 spiro atoms. The van der Waals surface area contributed by atoms with Crippen LogP contribution in [0.2, 0.25) is 0 Å². The standard InChI is InChI=1S/C20H31N5/c1-16(9-10-17-7-5-4-6-8-17)24-13-11-18(12-14-24)25-15-19(22-23-25)20(2,3)21/h4-8,15-16,18H,9-14,21H2,1-3H3. The molecular formula is C20H31N5. The molecule has 1 aliphatic rings. The Hall–Kier alpha value is -1.72. The summed E-state index contributed by atoms with van der Waals surface area (Å²) in [5.74, 6) is 0. The van der Waals surface area contributed by atoms with Gasteiger partial charge in [-0.2, -0.15) is 0 Å². The fourth-order valence-electron chi connectivity index (χ4n) is 3.54. The van der Waals surface area contributed by atoms with Crippen molar-refractivity contribution in [1.29, 1.82) is 0 Å². The van der Waals surface area contributed by atoms with E-state index in [0.717, 1.165) is 38.0 Å². The van der Waals surface area contributed by atoms with Crippen LogP contribution in [0, 0.1) is 0 Å². The van der Waals surface area contributed by atoms with Gasteiger partial charge in [-0.3, -0.25) is 0 Å². The summed E-state index contributed by atoms with van der Waals surface area (Å²) in [7, 11) is 0. The summed E-state index contributed by atoms with van der Waals surface area (Å²) >= 11 is 0. The van der Waals surface area contributed by atoms with Crippen LogP contribution in [0.1, 0.15) is 57.3 Å². The smallest absolute Gasteiger partial charge is 0.102 e. The van der Waals surface area contributed by atoms with E-state index in [4.69, 9.17) is 5.73 Å². The molecule has 0 bridgehead atoms. The van der Waals surface area contributed by atoms with Crippen molar-refractivity contribution in [3.05, 3.63) is 47.8 Å². The van der Waals surface area contributed by atoms with Crippen molar-refractivity contribution in [3.8, 4) is 0 Å². The maximum atomic E-state index is 6.12. The summed E-state index contributed by atoms with van der Waals surface area (Å²) in [6.07, 6.45) is 6.65. The topological polar surface area (TPSA) is 60.0 Å². The monoisotopic (exact) mass is 341 g/mol. The van der Waals surface area contributed by atoms with Gasteiger partial charge >= 0.3 is 0 Å². The second kappa shape index (κ2) is 7.67. The summed E-state index contributed by atoms with van der Waals surface area (Å²) < 4.78 is 2.02. The van der Waals surface area contributed by atoms with Crippen LogP contribution in [0.5, 0.6) is 0 Å². The lowest BCUT2D eigenvalue weighted by molar-refractivity contribution is 0.133. The van der Waals surface area contributed by atoms with Crippen LogP contribution in [0.4, 0.5) is 0 Å². The van der Waals surface area contributed by atoms with Crippen molar-refractivity contribution in [2.24, 2.45) is 5.73 Å². The maximum absolute atomic E-state index is 6.12. The Balaban J connectivity index is 1.49.